The van der Waals surface area contributed by atoms with Gasteiger partial charge in [-0.2, -0.15) is 5.10 Å². The van der Waals surface area contributed by atoms with Gasteiger partial charge in [-0.3, -0.25) is 14.3 Å². The predicted molar refractivity (Wildman–Crippen MR) is 128 cm³/mol. The number of rotatable bonds is 6. The number of fused-ring (bicyclic) bond motifs is 1. The fourth-order valence-electron chi connectivity index (χ4n) is 4.83. The molecule has 4 rings (SSSR count). The Morgan fingerprint density at radius 3 is 2.53 bits per heavy atom. The van der Waals surface area contributed by atoms with E-state index in [9.17, 15) is 14.4 Å². The van der Waals surface area contributed by atoms with E-state index in [1.165, 1.54) is 17.9 Å². The van der Waals surface area contributed by atoms with Crippen molar-refractivity contribution in [1.29, 1.82) is 0 Å². The van der Waals surface area contributed by atoms with Crippen molar-refractivity contribution < 1.29 is 19.1 Å². The van der Waals surface area contributed by atoms with Gasteiger partial charge in [0.25, 0.3) is 5.91 Å². The highest BCUT2D eigenvalue weighted by Crippen LogP contribution is 2.30. The fourth-order valence-corrected chi connectivity index (χ4v) is 4.96. The van der Waals surface area contributed by atoms with Gasteiger partial charge in [0, 0.05) is 23.7 Å². The number of nitrogens with zero attached hydrogens (tertiary/aromatic N) is 3. The highest BCUT2D eigenvalue weighted by molar-refractivity contribution is 6.30. The number of ether oxygens (including phenoxy) is 1. The van der Waals surface area contributed by atoms with Crippen LogP contribution in [-0.4, -0.2) is 57.7 Å². The number of nitrogens with one attached hydrogen (secondary N) is 1. The van der Waals surface area contributed by atoms with E-state index in [-0.39, 0.29) is 35.8 Å². The van der Waals surface area contributed by atoms with Gasteiger partial charge < -0.3 is 15.0 Å². The third kappa shape index (κ3) is 4.82. The van der Waals surface area contributed by atoms with Crippen LogP contribution in [-0.2, 0) is 22.5 Å². The lowest BCUT2D eigenvalue weighted by atomic mass is 9.86. The summed E-state index contributed by atoms with van der Waals surface area (Å²) in [7, 11) is 1.27. The summed E-state index contributed by atoms with van der Waals surface area (Å²) in [6.07, 6.45) is 4.58. The minimum atomic E-state index is -1.15. The molecule has 8 nitrogen and oxygen atoms in total. The summed E-state index contributed by atoms with van der Waals surface area (Å²) in [4.78, 5) is 40.9. The molecule has 1 N–H and O–H groups in total. The van der Waals surface area contributed by atoms with E-state index in [4.69, 9.17) is 16.3 Å². The van der Waals surface area contributed by atoms with Crippen LogP contribution in [0.4, 0.5) is 0 Å². The van der Waals surface area contributed by atoms with Crippen molar-refractivity contribution in [1.82, 2.24) is 20.0 Å². The topological polar surface area (TPSA) is 93.5 Å². The second kappa shape index (κ2) is 9.78. The summed E-state index contributed by atoms with van der Waals surface area (Å²) in [5, 5.41) is 8.11. The van der Waals surface area contributed by atoms with Crippen molar-refractivity contribution in [2.24, 2.45) is 5.92 Å². The van der Waals surface area contributed by atoms with Gasteiger partial charge in [0.05, 0.1) is 13.7 Å². The average molecular weight is 487 g/mol. The third-order valence-corrected chi connectivity index (χ3v) is 7.32. The number of esters is 1. The smallest absolute Gasteiger partial charge is 0.358 e. The average Bonchev–Trinajstić information content (AvgIpc) is 3.25. The Kier molecular flexibility index (Phi) is 6.98. The summed E-state index contributed by atoms with van der Waals surface area (Å²) in [5.41, 5.74) is 0.178. The maximum Gasteiger partial charge on any atom is 0.358 e. The molecule has 182 valence electrons. The number of halogens is 1. The Hall–Kier alpha value is -2.87. The molecule has 1 unspecified atom stereocenters. The van der Waals surface area contributed by atoms with E-state index >= 15 is 0 Å². The molecule has 1 aromatic carbocycles. The molecule has 2 amide bonds. The van der Waals surface area contributed by atoms with Crippen LogP contribution in [0.2, 0.25) is 5.02 Å². The van der Waals surface area contributed by atoms with Crippen molar-refractivity contribution in [2.75, 3.05) is 13.7 Å². The van der Waals surface area contributed by atoms with Crippen LogP contribution in [0, 0.1) is 5.92 Å². The van der Waals surface area contributed by atoms with Gasteiger partial charge >= 0.3 is 5.97 Å². The Labute approximate surface area is 204 Å². The van der Waals surface area contributed by atoms with E-state index < -0.39 is 11.5 Å². The predicted octanol–water partition coefficient (Wildman–Crippen LogP) is 3.48. The Balaban J connectivity index is 1.61. The molecular weight excluding hydrogens is 456 g/mol. The third-order valence-electron chi connectivity index (χ3n) is 7.07. The molecule has 1 aromatic heterocycles. The lowest BCUT2D eigenvalue weighted by Crippen LogP contribution is -2.65. The Morgan fingerprint density at radius 1 is 1.21 bits per heavy atom. The molecule has 1 aliphatic heterocycles. The van der Waals surface area contributed by atoms with Gasteiger partial charge in [-0.1, -0.05) is 30.7 Å². The first kappa shape index (κ1) is 24.3. The lowest BCUT2D eigenvalue weighted by molar-refractivity contribution is -0.134. The molecule has 0 radical (unpaired) electrons. The second-order valence-electron chi connectivity index (χ2n) is 9.60. The molecule has 1 saturated carbocycles. The highest BCUT2D eigenvalue weighted by Gasteiger charge is 2.48. The van der Waals surface area contributed by atoms with E-state index in [1.807, 2.05) is 24.3 Å². The lowest BCUT2D eigenvalue weighted by Gasteiger charge is -2.44. The normalized spacial score (nSPS) is 24.5. The molecule has 1 fully saturated rings. The minimum absolute atomic E-state index is 0.0504. The van der Waals surface area contributed by atoms with Gasteiger partial charge in [-0.25, -0.2) is 4.79 Å². The van der Waals surface area contributed by atoms with E-state index in [0.29, 0.717) is 23.9 Å². The molecule has 0 saturated heterocycles. The SMILES string of the molecule is COC(=O)c1cc2n(n1)CC(C)(C(=O)NC1CCC(C)CC1)N(CCc1ccc(Cl)cc1)C2=O. The van der Waals surface area contributed by atoms with Crippen molar-refractivity contribution in [3.63, 3.8) is 0 Å². The molecule has 1 atom stereocenters. The van der Waals surface area contributed by atoms with E-state index in [0.717, 1.165) is 31.2 Å². The van der Waals surface area contributed by atoms with Crippen LogP contribution in [0.1, 0.15) is 66.1 Å². The van der Waals surface area contributed by atoms with Gasteiger partial charge in [0.15, 0.2) is 5.69 Å². The number of methoxy groups -OCH3 is 1. The number of hydrogen-bond acceptors (Lipinski definition) is 5. The zero-order valence-electron chi connectivity index (χ0n) is 19.8. The molecule has 1 aliphatic carbocycles. The van der Waals surface area contributed by atoms with Gasteiger partial charge in [0.1, 0.15) is 11.2 Å². The number of benzene rings is 1. The van der Waals surface area contributed by atoms with Crippen molar-refractivity contribution in [3.8, 4) is 0 Å². The largest absolute Gasteiger partial charge is 0.464 e. The van der Waals surface area contributed by atoms with Gasteiger partial charge in [-0.15, -0.1) is 0 Å². The zero-order chi connectivity index (χ0) is 24.5. The zero-order valence-corrected chi connectivity index (χ0v) is 20.6. The first-order valence-corrected chi connectivity index (χ1v) is 12.1. The quantitative estimate of drug-likeness (QED) is 0.631. The van der Waals surface area contributed by atoms with Crippen molar-refractivity contribution in [3.05, 3.63) is 52.3 Å². The second-order valence-corrected chi connectivity index (χ2v) is 10.0. The van der Waals surface area contributed by atoms with Crippen LogP contribution < -0.4 is 5.32 Å². The fraction of sp³-hybridized carbons (Fsp3) is 0.520. The Morgan fingerprint density at radius 2 is 1.88 bits per heavy atom. The Bertz CT molecular complexity index is 1080. The first-order chi connectivity index (χ1) is 16.2. The molecule has 2 heterocycles. The van der Waals surface area contributed by atoms with Crippen LogP contribution in [0.15, 0.2) is 30.3 Å². The highest BCUT2D eigenvalue weighted by atomic mass is 35.5. The standard InChI is InChI=1S/C25H31ClN4O4/c1-16-4-10-19(11-5-16)27-24(33)25(2)15-30-21(14-20(28-30)23(32)34-3)22(31)29(25)13-12-17-6-8-18(26)9-7-17/h6-9,14,16,19H,4-5,10-13,15H2,1-3H3,(H,27,33). The molecular formula is C25H31ClN4O4. The monoisotopic (exact) mass is 486 g/mol. The summed E-state index contributed by atoms with van der Waals surface area (Å²) < 4.78 is 6.22. The summed E-state index contributed by atoms with van der Waals surface area (Å²) in [6.45, 7) is 4.50. The van der Waals surface area contributed by atoms with E-state index in [1.54, 1.807) is 11.8 Å². The van der Waals surface area contributed by atoms with Crippen LogP contribution in [0.25, 0.3) is 0 Å². The molecule has 34 heavy (non-hydrogen) atoms. The summed E-state index contributed by atoms with van der Waals surface area (Å²) in [5.74, 6) is -0.487. The number of aromatic nitrogens is 2. The molecule has 2 aliphatic rings. The number of hydrogen-bond donors (Lipinski definition) is 1. The number of carbonyl (C=O) groups is 3. The van der Waals surface area contributed by atoms with Gasteiger partial charge in [0.2, 0.25) is 5.91 Å². The maximum atomic E-state index is 13.6. The van der Waals surface area contributed by atoms with Gasteiger partial charge in [-0.05, 0) is 62.6 Å². The molecule has 0 bridgehead atoms. The molecule has 9 heteroatoms. The number of carbonyl (C=O) groups excluding carboxylic acids is 3. The molecule has 2 aromatic rings. The molecule has 0 spiro atoms. The summed E-state index contributed by atoms with van der Waals surface area (Å²) in [6, 6.07) is 8.97. The van der Waals surface area contributed by atoms with Crippen molar-refractivity contribution in [2.45, 2.75) is 64.1 Å². The maximum absolute atomic E-state index is 13.6. The first-order valence-electron chi connectivity index (χ1n) is 11.7. The van der Waals surface area contributed by atoms with Crippen LogP contribution in [0.3, 0.4) is 0 Å². The van der Waals surface area contributed by atoms with Crippen LogP contribution >= 0.6 is 11.6 Å². The van der Waals surface area contributed by atoms with Crippen LogP contribution in [0.5, 0.6) is 0 Å². The summed E-state index contributed by atoms with van der Waals surface area (Å²) >= 11 is 6.00. The minimum Gasteiger partial charge on any atom is -0.464 e. The van der Waals surface area contributed by atoms with Crippen molar-refractivity contribution >= 4 is 29.4 Å². The number of amides is 2. The van der Waals surface area contributed by atoms with E-state index in [2.05, 4.69) is 17.3 Å².